The number of nitrogens with zero attached hydrogens (tertiary/aromatic N) is 2. The van der Waals surface area contributed by atoms with E-state index in [1.54, 1.807) is 10.9 Å². The summed E-state index contributed by atoms with van der Waals surface area (Å²) in [5.74, 6) is 2.24. The predicted octanol–water partition coefficient (Wildman–Crippen LogP) is 2.14. The Morgan fingerprint density at radius 3 is 2.47 bits per heavy atom. The van der Waals surface area contributed by atoms with Crippen molar-refractivity contribution in [3.63, 3.8) is 0 Å². The highest BCUT2D eigenvalue weighted by atomic mass is 16.5. The number of fused-ring (bicyclic) bond motifs is 1. The van der Waals surface area contributed by atoms with Crippen LogP contribution in [0.1, 0.15) is 12.0 Å². The number of aryl methyl sites for hydroxylation is 2. The first-order chi connectivity index (χ1) is 9.16. The average Bonchev–Trinajstić information content (AvgIpc) is 2.62. The Labute approximate surface area is 111 Å². The molecule has 2 aromatic rings. The maximum Gasteiger partial charge on any atom is 0.161 e. The molecule has 1 aliphatic heterocycles. The average molecular weight is 259 g/mol. The Bertz CT molecular complexity index is 619. The molecule has 0 aliphatic carbocycles. The van der Waals surface area contributed by atoms with E-state index in [2.05, 4.69) is 5.10 Å². The fraction of sp³-hybridized carbons (Fsp3) is 0.357. The Morgan fingerprint density at radius 1 is 1.16 bits per heavy atom. The van der Waals surface area contributed by atoms with E-state index in [9.17, 15) is 0 Å². The summed E-state index contributed by atoms with van der Waals surface area (Å²) in [7, 11) is 1.83. The van der Waals surface area contributed by atoms with E-state index < -0.39 is 0 Å². The molecule has 0 radical (unpaired) electrons. The summed E-state index contributed by atoms with van der Waals surface area (Å²) in [6.07, 6.45) is 2.68. The van der Waals surface area contributed by atoms with Crippen LogP contribution < -0.4 is 15.2 Å². The van der Waals surface area contributed by atoms with Gasteiger partial charge in [0.1, 0.15) is 5.82 Å². The number of anilines is 1. The van der Waals surface area contributed by atoms with Crippen molar-refractivity contribution >= 4 is 5.82 Å². The maximum atomic E-state index is 6.04. The molecule has 3 rings (SSSR count). The van der Waals surface area contributed by atoms with Crippen LogP contribution in [0.15, 0.2) is 18.3 Å². The molecule has 0 atom stereocenters. The molecule has 5 heteroatoms. The summed E-state index contributed by atoms with van der Waals surface area (Å²) < 4.78 is 13.1. The Balaban J connectivity index is 2.12. The van der Waals surface area contributed by atoms with Crippen molar-refractivity contribution in [2.45, 2.75) is 13.3 Å². The first-order valence-electron chi connectivity index (χ1n) is 6.35. The van der Waals surface area contributed by atoms with E-state index in [0.717, 1.165) is 34.6 Å². The predicted molar refractivity (Wildman–Crippen MR) is 73.4 cm³/mol. The number of rotatable bonds is 1. The summed E-state index contributed by atoms with van der Waals surface area (Å²) in [5, 5.41) is 4.18. The van der Waals surface area contributed by atoms with Gasteiger partial charge >= 0.3 is 0 Å². The molecule has 100 valence electrons. The smallest absolute Gasteiger partial charge is 0.161 e. The van der Waals surface area contributed by atoms with Crippen LogP contribution in [-0.2, 0) is 7.05 Å². The molecule has 1 aromatic carbocycles. The van der Waals surface area contributed by atoms with Gasteiger partial charge in [-0.3, -0.25) is 4.68 Å². The zero-order valence-corrected chi connectivity index (χ0v) is 11.1. The molecule has 2 heterocycles. The van der Waals surface area contributed by atoms with Crippen LogP contribution in [0.2, 0.25) is 0 Å². The third kappa shape index (κ3) is 2.01. The van der Waals surface area contributed by atoms with Gasteiger partial charge in [0.15, 0.2) is 11.5 Å². The second-order valence-corrected chi connectivity index (χ2v) is 4.73. The number of ether oxygens (including phenoxy) is 2. The summed E-state index contributed by atoms with van der Waals surface area (Å²) in [5.41, 5.74) is 9.10. The van der Waals surface area contributed by atoms with Crippen molar-refractivity contribution in [3.8, 4) is 22.6 Å². The lowest BCUT2D eigenvalue weighted by molar-refractivity contribution is 0.297. The number of aromatic nitrogens is 2. The minimum absolute atomic E-state index is 0.651. The van der Waals surface area contributed by atoms with Gasteiger partial charge in [0.05, 0.1) is 19.4 Å². The van der Waals surface area contributed by atoms with Crippen molar-refractivity contribution in [3.05, 3.63) is 23.9 Å². The molecule has 5 nitrogen and oxygen atoms in total. The first-order valence-corrected chi connectivity index (χ1v) is 6.35. The van der Waals surface area contributed by atoms with Gasteiger partial charge in [-0.2, -0.15) is 5.10 Å². The number of hydrogen-bond donors (Lipinski definition) is 1. The minimum atomic E-state index is 0.651. The molecule has 0 saturated carbocycles. The lowest BCUT2D eigenvalue weighted by atomic mass is 10.0. The van der Waals surface area contributed by atoms with E-state index in [-0.39, 0.29) is 0 Å². The van der Waals surface area contributed by atoms with Crippen LogP contribution in [0.5, 0.6) is 11.5 Å². The van der Waals surface area contributed by atoms with Gasteiger partial charge in [-0.1, -0.05) is 0 Å². The molecule has 0 bridgehead atoms. The monoisotopic (exact) mass is 259 g/mol. The van der Waals surface area contributed by atoms with E-state index in [4.69, 9.17) is 15.2 Å². The molecule has 0 amide bonds. The third-order valence-corrected chi connectivity index (χ3v) is 3.37. The zero-order valence-electron chi connectivity index (χ0n) is 11.1. The van der Waals surface area contributed by atoms with Gasteiger partial charge in [-0.15, -0.1) is 0 Å². The van der Waals surface area contributed by atoms with Crippen molar-refractivity contribution in [2.75, 3.05) is 18.9 Å². The molecule has 19 heavy (non-hydrogen) atoms. The SMILES string of the molecule is Cc1cc2c(cc1-c1cnn(C)c1N)OCCCO2. The summed E-state index contributed by atoms with van der Waals surface area (Å²) in [6.45, 7) is 3.41. The summed E-state index contributed by atoms with van der Waals surface area (Å²) >= 11 is 0. The fourth-order valence-corrected chi connectivity index (χ4v) is 2.26. The summed E-state index contributed by atoms with van der Waals surface area (Å²) in [4.78, 5) is 0. The van der Waals surface area contributed by atoms with Crippen LogP contribution >= 0.6 is 0 Å². The summed E-state index contributed by atoms with van der Waals surface area (Å²) in [6, 6.07) is 3.99. The largest absolute Gasteiger partial charge is 0.490 e. The highest BCUT2D eigenvalue weighted by Gasteiger charge is 2.16. The second kappa shape index (κ2) is 4.50. The van der Waals surface area contributed by atoms with Gasteiger partial charge in [0.2, 0.25) is 0 Å². The standard InChI is InChI=1S/C14H17N3O2/c1-9-6-12-13(19-5-3-4-18-12)7-10(9)11-8-16-17(2)14(11)15/h6-8H,3-5,15H2,1-2H3. The van der Waals surface area contributed by atoms with Crippen LogP contribution in [0.3, 0.4) is 0 Å². The van der Waals surface area contributed by atoms with Gasteiger partial charge in [0, 0.05) is 19.0 Å². The third-order valence-electron chi connectivity index (χ3n) is 3.37. The molecule has 1 aromatic heterocycles. The number of benzene rings is 1. The van der Waals surface area contributed by atoms with Crippen LogP contribution in [-0.4, -0.2) is 23.0 Å². The van der Waals surface area contributed by atoms with E-state index in [0.29, 0.717) is 19.0 Å². The topological polar surface area (TPSA) is 62.3 Å². The molecule has 0 unspecified atom stereocenters. The van der Waals surface area contributed by atoms with E-state index in [1.165, 1.54) is 0 Å². The van der Waals surface area contributed by atoms with Crippen LogP contribution in [0.25, 0.3) is 11.1 Å². The second-order valence-electron chi connectivity index (χ2n) is 4.73. The van der Waals surface area contributed by atoms with Gasteiger partial charge < -0.3 is 15.2 Å². The highest BCUT2D eigenvalue weighted by molar-refractivity contribution is 5.78. The van der Waals surface area contributed by atoms with Gasteiger partial charge in [-0.05, 0) is 30.2 Å². The minimum Gasteiger partial charge on any atom is -0.490 e. The fourth-order valence-electron chi connectivity index (χ4n) is 2.26. The Morgan fingerprint density at radius 2 is 1.84 bits per heavy atom. The Kier molecular flexibility index (Phi) is 2.81. The molecule has 2 N–H and O–H groups in total. The number of nitrogens with two attached hydrogens (primary N) is 1. The maximum absolute atomic E-state index is 6.04. The molecule has 1 aliphatic rings. The van der Waals surface area contributed by atoms with E-state index >= 15 is 0 Å². The van der Waals surface area contributed by atoms with Crippen LogP contribution in [0.4, 0.5) is 5.82 Å². The van der Waals surface area contributed by atoms with Gasteiger partial charge in [0.25, 0.3) is 0 Å². The first kappa shape index (κ1) is 11.9. The lowest BCUT2D eigenvalue weighted by Gasteiger charge is -2.12. The molecular weight excluding hydrogens is 242 g/mol. The van der Waals surface area contributed by atoms with E-state index in [1.807, 2.05) is 26.1 Å². The number of hydrogen-bond acceptors (Lipinski definition) is 4. The van der Waals surface area contributed by atoms with Crippen LogP contribution in [0, 0.1) is 6.92 Å². The molecule has 0 spiro atoms. The Hall–Kier alpha value is -2.17. The van der Waals surface area contributed by atoms with Crippen molar-refractivity contribution in [2.24, 2.45) is 7.05 Å². The molecule has 0 saturated heterocycles. The molecular formula is C14H17N3O2. The van der Waals surface area contributed by atoms with Crippen molar-refractivity contribution in [1.82, 2.24) is 9.78 Å². The zero-order chi connectivity index (χ0) is 13.4. The van der Waals surface area contributed by atoms with Crippen molar-refractivity contribution < 1.29 is 9.47 Å². The van der Waals surface area contributed by atoms with Crippen molar-refractivity contribution in [1.29, 1.82) is 0 Å². The lowest BCUT2D eigenvalue weighted by Crippen LogP contribution is -1.99. The van der Waals surface area contributed by atoms with Gasteiger partial charge in [-0.25, -0.2) is 0 Å². The normalized spacial score (nSPS) is 14.2. The molecule has 0 fully saturated rings. The number of nitrogen functional groups attached to an aromatic ring is 1. The highest BCUT2D eigenvalue weighted by Crippen LogP contribution is 2.38. The quantitative estimate of drug-likeness (QED) is 0.852.